The van der Waals surface area contributed by atoms with Gasteiger partial charge in [0.05, 0.1) is 35.9 Å². The number of rotatable bonds is 12. The number of nitrogen functional groups attached to an aromatic ring is 1. The fourth-order valence-electron chi connectivity index (χ4n) is 9.26. The molecule has 5 aliphatic rings. The molecule has 4 fully saturated rings. The first kappa shape index (κ1) is 47.1. The molecule has 2 aromatic carbocycles. The molecule has 0 spiro atoms. The van der Waals surface area contributed by atoms with Crippen LogP contribution in [0.2, 0.25) is 5.02 Å². The first-order valence-electron chi connectivity index (χ1n) is 22.3. The minimum absolute atomic E-state index is 0.0210. The first-order chi connectivity index (χ1) is 30.7. The highest BCUT2D eigenvalue weighted by Gasteiger charge is 2.39. The molecule has 0 bridgehead atoms. The van der Waals surface area contributed by atoms with Gasteiger partial charge in [0.25, 0.3) is 5.91 Å². The largest absolute Gasteiger partial charge is 0.464 e. The Morgan fingerprint density at radius 1 is 0.844 bits per heavy atom. The third-order valence-electron chi connectivity index (χ3n) is 13.0. The number of fused-ring (bicyclic) bond motifs is 1. The maximum Gasteiger partial charge on any atom is 0.418 e. The quantitative estimate of drug-likeness (QED) is 0.230. The van der Waals surface area contributed by atoms with Crippen molar-refractivity contribution in [2.24, 2.45) is 0 Å². The van der Waals surface area contributed by atoms with E-state index < -0.39 is 41.5 Å². The number of nitrogens with two attached hydrogens (primary N) is 1. The van der Waals surface area contributed by atoms with E-state index in [1.54, 1.807) is 14.7 Å². The number of anilines is 2. The Balaban J connectivity index is 0.907. The lowest BCUT2D eigenvalue weighted by molar-refractivity contribution is -0.147. The Bertz CT molecular complexity index is 1980. The number of nitrogens with one attached hydrogen (secondary N) is 1. The monoisotopic (exact) mass is 918 g/mol. The lowest BCUT2D eigenvalue weighted by Gasteiger charge is -2.43. The topological polar surface area (TPSA) is 171 Å². The van der Waals surface area contributed by atoms with Gasteiger partial charge < -0.3 is 44.9 Å². The summed E-state index contributed by atoms with van der Waals surface area (Å²) in [7, 11) is 0. The molecule has 20 heteroatoms. The molecule has 7 rings (SSSR count). The Morgan fingerprint density at radius 3 is 2.22 bits per heavy atom. The molecule has 5 amide bonds. The minimum Gasteiger partial charge on any atom is -0.464 e. The molecular weight excluding hydrogens is 861 g/mol. The van der Waals surface area contributed by atoms with Crippen molar-refractivity contribution < 1.29 is 51.4 Å². The second-order valence-corrected chi connectivity index (χ2v) is 17.4. The number of amides is 5. The first-order valence-corrected chi connectivity index (χ1v) is 22.6. The molecule has 0 aliphatic carbocycles. The van der Waals surface area contributed by atoms with Crippen LogP contribution in [0, 0.1) is 0 Å². The summed E-state index contributed by atoms with van der Waals surface area (Å²) >= 11 is 6.15. The van der Waals surface area contributed by atoms with Crippen LogP contribution in [0.15, 0.2) is 36.4 Å². The highest BCUT2D eigenvalue weighted by atomic mass is 35.5. The van der Waals surface area contributed by atoms with Gasteiger partial charge in [-0.3, -0.25) is 24.2 Å². The molecular formula is C44H58ClF3N8O8. The molecule has 0 aromatic heterocycles. The second kappa shape index (κ2) is 21.4. The number of morpholine rings is 1. The van der Waals surface area contributed by atoms with Crippen LogP contribution in [0.5, 0.6) is 0 Å². The van der Waals surface area contributed by atoms with Crippen molar-refractivity contribution >= 4 is 52.9 Å². The van der Waals surface area contributed by atoms with Crippen molar-refractivity contribution in [1.29, 1.82) is 0 Å². The van der Waals surface area contributed by atoms with Crippen molar-refractivity contribution in [2.45, 2.75) is 75.7 Å². The third-order valence-corrected chi connectivity index (χ3v) is 13.3. The lowest BCUT2D eigenvalue weighted by atomic mass is 9.99. The van der Waals surface area contributed by atoms with E-state index in [2.05, 4.69) is 15.1 Å². The summed E-state index contributed by atoms with van der Waals surface area (Å²) in [5, 5.41) is 2.65. The SMILES string of the molecule is Nc1c(Cl)cc(C[C@@H](OC(=O)N2CCC(N3CCc4ccccc4NC3=O)CC2)C(=O)N2CCC(N3CCN(C(=O)CCC(=O)OCCN4CCOCC4)CC3)CC2)cc1C(F)(F)F. The zero-order valence-corrected chi connectivity index (χ0v) is 36.8. The summed E-state index contributed by atoms with van der Waals surface area (Å²) in [5.41, 5.74) is 5.76. The molecule has 1 atom stereocenters. The number of para-hydroxylation sites is 1. The zero-order chi connectivity index (χ0) is 45.4. The average molecular weight is 919 g/mol. The van der Waals surface area contributed by atoms with Gasteiger partial charge in [-0.2, -0.15) is 13.2 Å². The van der Waals surface area contributed by atoms with E-state index in [4.69, 9.17) is 31.5 Å². The molecule has 2 aromatic rings. The smallest absolute Gasteiger partial charge is 0.418 e. The number of hydrogen-bond acceptors (Lipinski definition) is 11. The minimum atomic E-state index is -4.81. The lowest BCUT2D eigenvalue weighted by Crippen LogP contribution is -2.56. The van der Waals surface area contributed by atoms with Gasteiger partial charge in [0.2, 0.25) is 5.91 Å². The highest BCUT2D eigenvalue weighted by molar-refractivity contribution is 6.33. The number of alkyl halides is 3. The molecule has 0 unspecified atom stereocenters. The highest BCUT2D eigenvalue weighted by Crippen LogP contribution is 2.38. The molecule has 0 radical (unpaired) electrons. The van der Waals surface area contributed by atoms with Gasteiger partial charge in [0, 0.05) is 109 Å². The number of likely N-dealkylation sites (tertiary alicyclic amines) is 2. The van der Waals surface area contributed by atoms with Gasteiger partial charge in [-0.25, -0.2) is 9.59 Å². The number of ether oxygens (including phenoxy) is 3. The number of piperidine rings is 2. The standard InChI is InChI=1S/C44H58ClF3N8O8/c45-35-28-30(27-34(40(35)49)44(46,47)48)29-37(64-43(61)55-14-10-33(11-15-55)56-16-7-31-3-1-2-4-36(31)50-42(56)60)41(59)54-12-8-32(9-13-54)52-17-19-53(20-18-52)38(57)5-6-39(58)63-26-23-51-21-24-62-25-22-51/h1-4,27-28,32-33,37H,5-26,29,49H2,(H,50,60)/t37-/m1/s1. The number of piperazine rings is 1. The number of esters is 1. The van der Waals surface area contributed by atoms with Crippen molar-refractivity contribution in [3.05, 3.63) is 58.1 Å². The Kier molecular flexibility index (Phi) is 15.8. The summed E-state index contributed by atoms with van der Waals surface area (Å²) in [5.74, 6) is -1.02. The van der Waals surface area contributed by atoms with Crippen molar-refractivity contribution in [2.75, 3.05) is 109 Å². The summed E-state index contributed by atoms with van der Waals surface area (Å²) in [6.45, 7) is 7.77. The summed E-state index contributed by atoms with van der Waals surface area (Å²) in [6.07, 6.45) is -4.47. The van der Waals surface area contributed by atoms with Gasteiger partial charge in [-0.15, -0.1) is 0 Å². The predicted octanol–water partition coefficient (Wildman–Crippen LogP) is 4.33. The molecule has 16 nitrogen and oxygen atoms in total. The predicted molar refractivity (Wildman–Crippen MR) is 231 cm³/mol. The van der Waals surface area contributed by atoms with E-state index in [0.29, 0.717) is 97.7 Å². The van der Waals surface area contributed by atoms with Crippen molar-refractivity contribution in [3.63, 3.8) is 0 Å². The van der Waals surface area contributed by atoms with Crippen LogP contribution in [0.25, 0.3) is 0 Å². The number of nitrogens with zero attached hydrogens (tertiary/aromatic N) is 6. The van der Waals surface area contributed by atoms with Gasteiger partial charge in [-0.05, 0) is 61.4 Å². The van der Waals surface area contributed by atoms with Crippen LogP contribution < -0.4 is 11.1 Å². The molecule has 5 aliphatic heterocycles. The van der Waals surface area contributed by atoms with Crippen LogP contribution >= 0.6 is 11.6 Å². The van der Waals surface area contributed by atoms with Gasteiger partial charge in [0.1, 0.15) is 6.61 Å². The van der Waals surface area contributed by atoms with E-state index in [0.717, 1.165) is 30.4 Å². The van der Waals surface area contributed by atoms with E-state index in [1.165, 1.54) is 11.0 Å². The number of carbonyl (C=O) groups excluding carboxylic acids is 5. The number of halogens is 4. The molecule has 350 valence electrons. The fourth-order valence-corrected chi connectivity index (χ4v) is 9.50. The summed E-state index contributed by atoms with van der Waals surface area (Å²) < 4.78 is 58.4. The zero-order valence-electron chi connectivity index (χ0n) is 36.0. The Morgan fingerprint density at radius 2 is 1.52 bits per heavy atom. The van der Waals surface area contributed by atoms with E-state index in [1.807, 2.05) is 24.3 Å². The van der Waals surface area contributed by atoms with E-state index in [-0.39, 0.29) is 73.6 Å². The number of hydrogen-bond donors (Lipinski definition) is 2. The maximum atomic E-state index is 14.2. The molecule has 5 heterocycles. The fraction of sp³-hybridized carbons (Fsp3) is 0.614. The molecule has 4 saturated heterocycles. The van der Waals surface area contributed by atoms with Gasteiger partial charge >= 0.3 is 24.3 Å². The van der Waals surface area contributed by atoms with Crippen LogP contribution in [0.3, 0.4) is 0 Å². The Labute approximate surface area is 376 Å². The van der Waals surface area contributed by atoms with Gasteiger partial charge in [0.15, 0.2) is 6.10 Å². The summed E-state index contributed by atoms with van der Waals surface area (Å²) in [4.78, 5) is 77.4. The maximum absolute atomic E-state index is 14.2. The van der Waals surface area contributed by atoms with Gasteiger partial charge in [-0.1, -0.05) is 29.8 Å². The molecule has 3 N–H and O–H groups in total. The molecule has 0 saturated carbocycles. The van der Waals surface area contributed by atoms with Crippen LogP contribution in [-0.2, 0) is 47.6 Å². The average Bonchev–Trinajstić information content (AvgIpc) is 3.47. The second-order valence-electron chi connectivity index (χ2n) is 17.0. The number of carbonyl (C=O) groups is 5. The van der Waals surface area contributed by atoms with Crippen LogP contribution in [0.4, 0.5) is 34.1 Å². The third kappa shape index (κ3) is 12.1. The van der Waals surface area contributed by atoms with Crippen LogP contribution in [-0.4, -0.2) is 176 Å². The normalized spacial score (nSPS) is 20.3. The Hall–Kier alpha value is -4.85. The van der Waals surface area contributed by atoms with Crippen LogP contribution in [0.1, 0.15) is 55.2 Å². The van der Waals surface area contributed by atoms with Crippen molar-refractivity contribution in [1.82, 2.24) is 29.4 Å². The van der Waals surface area contributed by atoms with Crippen molar-refractivity contribution in [3.8, 4) is 0 Å². The number of urea groups is 1. The van der Waals surface area contributed by atoms with E-state index in [9.17, 15) is 37.1 Å². The summed E-state index contributed by atoms with van der Waals surface area (Å²) in [6, 6.07) is 9.51. The molecule has 64 heavy (non-hydrogen) atoms. The number of benzene rings is 2. The van der Waals surface area contributed by atoms with E-state index >= 15 is 0 Å².